The molecule has 0 aromatic heterocycles. The van der Waals surface area contributed by atoms with Crippen molar-refractivity contribution in [1.29, 1.82) is 0 Å². The maximum Gasteiger partial charge on any atom is 0.326 e. The van der Waals surface area contributed by atoms with Gasteiger partial charge in [-0.3, -0.25) is 14.5 Å². The molecule has 3 rings (SSSR count). The number of imide groups is 1. The molecule has 1 aromatic rings. The van der Waals surface area contributed by atoms with E-state index < -0.39 is 17.5 Å². The van der Waals surface area contributed by atoms with Crippen LogP contribution in [0.2, 0.25) is 0 Å². The summed E-state index contributed by atoms with van der Waals surface area (Å²) >= 11 is 0. The van der Waals surface area contributed by atoms with Gasteiger partial charge in [0.15, 0.2) is 0 Å². The number of benzene rings is 1. The zero-order valence-corrected chi connectivity index (χ0v) is 16.7. The summed E-state index contributed by atoms with van der Waals surface area (Å²) in [6.07, 6.45) is 3.45. The van der Waals surface area contributed by atoms with Crippen LogP contribution < -0.4 is 10.1 Å². The Morgan fingerprint density at radius 1 is 1.18 bits per heavy atom. The molecule has 1 saturated heterocycles. The molecule has 1 aliphatic carbocycles. The molecule has 0 radical (unpaired) electrons. The van der Waals surface area contributed by atoms with Crippen LogP contribution in [-0.4, -0.2) is 48.1 Å². The average Bonchev–Trinajstić information content (AvgIpc) is 2.86. The van der Waals surface area contributed by atoms with Crippen molar-refractivity contribution in [3.8, 4) is 5.75 Å². The van der Waals surface area contributed by atoms with Gasteiger partial charge in [-0.05, 0) is 55.9 Å². The van der Waals surface area contributed by atoms with Crippen molar-refractivity contribution >= 4 is 17.9 Å². The summed E-state index contributed by atoms with van der Waals surface area (Å²) in [7, 11) is 0. The minimum Gasteiger partial charge on any atom is -0.490 e. The van der Waals surface area contributed by atoms with Gasteiger partial charge in [-0.1, -0.05) is 25.8 Å². The highest BCUT2D eigenvalue weighted by molar-refractivity contribution is 6.08. The molecule has 2 atom stereocenters. The highest BCUT2D eigenvalue weighted by Crippen LogP contribution is 2.38. The average molecular weight is 388 g/mol. The fourth-order valence-electron chi connectivity index (χ4n) is 4.15. The van der Waals surface area contributed by atoms with E-state index in [1.54, 1.807) is 0 Å². The first kappa shape index (κ1) is 20.2. The molecule has 1 spiro atoms. The number of urea groups is 1. The molecule has 28 heavy (non-hydrogen) atoms. The number of hydrogen-bond acceptors (Lipinski definition) is 5. The number of aryl methyl sites for hydroxylation is 2. The minimum atomic E-state index is -0.859. The van der Waals surface area contributed by atoms with Crippen LogP contribution in [-0.2, 0) is 14.3 Å². The zero-order valence-electron chi connectivity index (χ0n) is 16.7. The summed E-state index contributed by atoms with van der Waals surface area (Å²) in [5, 5.41) is 2.83. The van der Waals surface area contributed by atoms with E-state index in [1.165, 1.54) is 0 Å². The zero-order chi connectivity index (χ0) is 20.3. The van der Waals surface area contributed by atoms with Crippen LogP contribution in [0.25, 0.3) is 0 Å². The number of rotatable bonds is 6. The van der Waals surface area contributed by atoms with Crippen molar-refractivity contribution in [2.75, 3.05) is 19.8 Å². The van der Waals surface area contributed by atoms with Crippen molar-refractivity contribution in [2.24, 2.45) is 5.92 Å². The highest BCUT2D eigenvalue weighted by atomic mass is 16.6. The van der Waals surface area contributed by atoms with Gasteiger partial charge in [-0.15, -0.1) is 0 Å². The molecule has 0 bridgehead atoms. The molecule has 2 unspecified atom stereocenters. The van der Waals surface area contributed by atoms with E-state index in [0.29, 0.717) is 6.42 Å². The topological polar surface area (TPSA) is 84.9 Å². The Morgan fingerprint density at radius 2 is 1.89 bits per heavy atom. The van der Waals surface area contributed by atoms with Gasteiger partial charge in [0.25, 0.3) is 5.91 Å². The van der Waals surface area contributed by atoms with Crippen LogP contribution >= 0.6 is 0 Å². The Bertz CT molecular complexity index is 758. The maximum absolute atomic E-state index is 12.8. The molecule has 1 saturated carbocycles. The number of ether oxygens (including phenoxy) is 2. The summed E-state index contributed by atoms with van der Waals surface area (Å²) in [6.45, 7) is 5.83. The molecule has 152 valence electrons. The second-order valence-electron chi connectivity index (χ2n) is 7.83. The van der Waals surface area contributed by atoms with Crippen molar-refractivity contribution in [1.82, 2.24) is 10.2 Å². The van der Waals surface area contributed by atoms with Crippen LogP contribution in [0, 0.1) is 19.8 Å². The minimum absolute atomic E-state index is 0.0526. The predicted octanol–water partition coefficient (Wildman–Crippen LogP) is 2.73. The first-order valence-electron chi connectivity index (χ1n) is 9.82. The summed E-state index contributed by atoms with van der Waals surface area (Å²) in [5.41, 5.74) is 1.33. The summed E-state index contributed by atoms with van der Waals surface area (Å²) in [5.74, 6) is -0.151. The monoisotopic (exact) mass is 388 g/mol. The first-order valence-corrected chi connectivity index (χ1v) is 9.82. The van der Waals surface area contributed by atoms with Gasteiger partial charge in [-0.25, -0.2) is 4.79 Å². The quantitative estimate of drug-likeness (QED) is 0.460. The second kappa shape index (κ2) is 8.20. The van der Waals surface area contributed by atoms with E-state index in [-0.39, 0.29) is 31.6 Å². The van der Waals surface area contributed by atoms with Crippen molar-refractivity contribution < 1.29 is 23.9 Å². The van der Waals surface area contributed by atoms with Gasteiger partial charge in [0.1, 0.15) is 31.0 Å². The smallest absolute Gasteiger partial charge is 0.326 e. The molecule has 2 aliphatic rings. The number of esters is 1. The van der Waals surface area contributed by atoms with E-state index >= 15 is 0 Å². The van der Waals surface area contributed by atoms with Crippen LogP contribution in [0.1, 0.15) is 43.7 Å². The van der Waals surface area contributed by atoms with Gasteiger partial charge >= 0.3 is 12.0 Å². The lowest BCUT2D eigenvalue weighted by molar-refractivity contribution is -0.149. The van der Waals surface area contributed by atoms with E-state index in [9.17, 15) is 14.4 Å². The maximum atomic E-state index is 12.8. The van der Waals surface area contributed by atoms with Crippen LogP contribution in [0.3, 0.4) is 0 Å². The van der Waals surface area contributed by atoms with Gasteiger partial charge < -0.3 is 14.8 Å². The number of carbonyl (C=O) groups excluding carboxylic acids is 3. The molecule has 3 amide bonds. The van der Waals surface area contributed by atoms with Crippen LogP contribution in [0.5, 0.6) is 5.75 Å². The molecule has 7 nitrogen and oxygen atoms in total. The standard InChI is InChI=1S/C21H28N2O5/c1-14-10-15(2)12-17(11-14)27-8-9-28-18(24)13-23-19(25)21(22-20(23)26)7-5-4-6-16(21)3/h10-12,16H,4-9,13H2,1-3H3,(H,22,26). The first-order chi connectivity index (χ1) is 13.3. The molecule has 1 heterocycles. The number of carbonyl (C=O) groups is 3. The summed E-state index contributed by atoms with van der Waals surface area (Å²) < 4.78 is 10.7. The lowest BCUT2D eigenvalue weighted by Crippen LogP contribution is -2.54. The molecule has 7 heteroatoms. The van der Waals surface area contributed by atoms with Crippen LogP contribution in [0.4, 0.5) is 4.79 Å². The molecular weight excluding hydrogens is 360 g/mol. The van der Waals surface area contributed by atoms with E-state index in [4.69, 9.17) is 9.47 Å². The van der Waals surface area contributed by atoms with Crippen LogP contribution in [0.15, 0.2) is 18.2 Å². The van der Waals surface area contributed by atoms with Gasteiger partial charge in [-0.2, -0.15) is 0 Å². The number of nitrogens with one attached hydrogen (secondary N) is 1. The SMILES string of the molecule is Cc1cc(C)cc(OCCOC(=O)CN2C(=O)NC3(CCCCC3C)C2=O)c1. The Kier molecular flexibility index (Phi) is 5.91. The van der Waals surface area contributed by atoms with E-state index in [0.717, 1.165) is 41.0 Å². The molecule has 2 fully saturated rings. The molecule has 1 N–H and O–H groups in total. The lowest BCUT2D eigenvalue weighted by Gasteiger charge is -2.36. The highest BCUT2D eigenvalue weighted by Gasteiger charge is 2.55. The van der Waals surface area contributed by atoms with Gasteiger partial charge in [0, 0.05) is 0 Å². The number of nitrogens with zero attached hydrogens (tertiary/aromatic N) is 1. The fraction of sp³-hybridized carbons (Fsp3) is 0.571. The molecule has 1 aliphatic heterocycles. The third-order valence-electron chi connectivity index (χ3n) is 5.60. The predicted molar refractivity (Wildman–Crippen MR) is 103 cm³/mol. The van der Waals surface area contributed by atoms with Gasteiger partial charge in [0.2, 0.25) is 0 Å². The van der Waals surface area contributed by atoms with Crippen molar-refractivity contribution in [3.05, 3.63) is 29.3 Å². The number of hydrogen-bond donors (Lipinski definition) is 1. The molecule has 1 aromatic carbocycles. The second-order valence-corrected chi connectivity index (χ2v) is 7.83. The van der Waals surface area contributed by atoms with Gasteiger partial charge in [0.05, 0.1) is 0 Å². The number of amides is 3. The Balaban J connectivity index is 1.48. The van der Waals surface area contributed by atoms with E-state index in [2.05, 4.69) is 5.32 Å². The third kappa shape index (κ3) is 4.13. The Morgan fingerprint density at radius 3 is 2.57 bits per heavy atom. The normalized spacial score (nSPS) is 24.4. The molecular formula is C21H28N2O5. The Hall–Kier alpha value is -2.57. The summed E-state index contributed by atoms with van der Waals surface area (Å²) in [4.78, 5) is 38.2. The largest absolute Gasteiger partial charge is 0.490 e. The Labute approximate surface area is 165 Å². The van der Waals surface area contributed by atoms with Crippen molar-refractivity contribution in [2.45, 2.75) is 52.0 Å². The summed E-state index contributed by atoms with van der Waals surface area (Å²) in [6, 6.07) is 5.35. The third-order valence-corrected chi connectivity index (χ3v) is 5.60. The lowest BCUT2D eigenvalue weighted by atomic mass is 9.73. The fourth-order valence-corrected chi connectivity index (χ4v) is 4.15. The van der Waals surface area contributed by atoms with E-state index in [1.807, 2.05) is 39.0 Å². The van der Waals surface area contributed by atoms with Crippen molar-refractivity contribution in [3.63, 3.8) is 0 Å².